The van der Waals surface area contributed by atoms with Crippen LogP contribution in [0.25, 0.3) is 0 Å². The topological polar surface area (TPSA) is 30.7 Å². The van der Waals surface area contributed by atoms with Crippen LogP contribution in [-0.2, 0) is 7.05 Å². The summed E-state index contributed by atoms with van der Waals surface area (Å²) in [6.07, 6.45) is 5.46. The molecule has 0 aliphatic heterocycles. The molecule has 0 aliphatic rings. The van der Waals surface area contributed by atoms with Crippen LogP contribution < -0.4 is 0 Å². The molecule has 0 aromatic carbocycles. The minimum Gasteiger partial charge on any atom is -0.275 e. The number of aryl methyl sites for hydroxylation is 1. The van der Waals surface area contributed by atoms with E-state index in [2.05, 4.69) is 35.8 Å². The Morgan fingerprint density at radius 2 is 1.88 bits per heavy atom. The van der Waals surface area contributed by atoms with E-state index in [1.165, 1.54) is 0 Å². The highest BCUT2D eigenvalue weighted by Crippen LogP contribution is 2.10. The standard InChI is InChI=1S/C14H15N3/c1-11(2)14-7-6-12(8-15-14)4-5-13-9-16-17(3)10-13/h6-11H,1-3H3. The lowest BCUT2D eigenvalue weighted by molar-refractivity contribution is 0.767. The molecule has 3 heteroatoms. The predicted octanol–water partition coefficient (Wildman–Crippen LogP) is 2.34. The van der Waals surface area contributed by atoms with Gasteiger partial charge in [0.25, 0.3) is 0 Å². The molecule has 86 valence electrons. The van der Waals surface area contributed by atoms with Crippen LogP contribution in [0, 0.1) is 11.8 Å². The highest BCUT2D eigenvalue weighted by Gasteiger charge is 1.98. The Hall–Kier alpha value is -2.08. The van der Waals surface area contributed by atoms with Gasteiger partial charge < -0.3 is 0 Å². The Bertz CT molecular complexity index is 553. The van der Waals surface area contributed by atoms with E-state index in [0.29, 0.717) is 5.92 Å². The lowest BCUT2D eigenvalue weighted by Crippen LogP contribution is -1.91. The molecule has 2 aromatic rings. The molecule has 0 amide bonds. The fourth-order valence-corrected chi connectivity index (χ4v) is 1.45. The van der Waals surface area contributed by atoms with Crippen LogP contribution in [0.5, 0.6) is 0 Å². The average Bonchev–Trinajstić information content (AvgIpc) is 2.73. The van der Waals surface area contributed by atoms with Crippen molar-refractivity contribution in [3.63, 3.8) is 0 Å². The number of hydrogen-bond donors (Lipinski definition) is 0. The highest BCUT2D eigenvalue weighted by molar-refractivity contribution is 5.40. The number of aromatic nitrogens is 3. The largest absolute Gasteiger partial charge is 0.275 e. The third kappa shape index (κ3) is 2.94. The molecule has 0 aliphatic carbocycles. The molecule has 3 nitrogen and oxygen atoms in total. The number of nitrogens with zero attached hydrogens (tertiary/aromatic N) is 3. The summed E-state index contributed by atoms with van der Waals surface area (Å²) in [5.74, 6) is 6.59. The van der Waals surface area contributed by atoms with Gasteiger partial charge in [-0.3, -0.25) is 9.67 Å². The van der Waals surface area contributed by atoms with E-state index >= 15 is 0 Å². The van der Waals surface area contributed by atoms with E-state index in [1.807, 2.05) is 31.6 Å². The van der Waals surface area contributed by atoms with Crippen LogP contribution in [0.4, 0.5) is 0 Å². The summed E-state index contributed by atoms with van der Waals surface area (Å²) in [5.41, 5.74) is 2.94. The summed E-state index contributed by atoms with van der Waals surface area (Å²) in [6.45, 7) is 4.26. The molecule has 2 aromatic heterocycles. The minimum atomic E-state index is 0.454. The molecule has 0 saturated heterocycles. The zero-order valence-corrected chi connectivity index (χ0v) is 10.3. The quantitative estimate of drug-likeness (QED) is 0.697. The Morgan fingerprint density at radius 1 is 1.12 bits per heavy atom. The van der Waals surface area contributed by atoms with E-state index in [-0.39, 0.29) is 0 Å². The third-order valence-electron chi connectivity index (χ3n) is 2.43. The molecule has 0 unspecified atom stereocenters. The van der Waals surface area contributed by atoms with Crippen molar-refractivity contribution < 1.29 is 0 Å². The van der Waals surface area contributed by atoms with Crippen LogP contribution in [0.15, 0.2) is 30.7 Å². The average molecular weight is 225 g/mol. The van der Waals surface area contributed by atoms with Crippen molar-refractivity contribution in [3.05, 3.63) is 47.5 Å². The first kappa shape index (κ1) is 11.4. The first-order valence-electron chi connectivity index (χ1n) is 5.62. The van der Waals surface area contributed by atoms with Gasteiger partial charge in [0.15, 0.2) is 0 Å². The van der Waals surface area contributed by atoms with E-state index in [0.717, 1.165) is 16.8 Å². The van der Waals surface area contributed by atoms with Crippen molar-refractivity contribution >= 4 is 0 Å². The first-order chi connectivity index (χ1) is 8.15. The maximum absolute atomic E-state index is 4.37. The van der Waals surface area contributed by atoms with Crippen LogP contribution >= 0.6 is 0 Å². The van der Waals surface area contributed by atoms with Crippen LogP contribution in [0.1, 0.15) is 36.6 Å². The summed E-state index contributed by atoms with van der Waals surface area (Å²) in [7, 11) is 1.88. The van der Waals surface area contributed by atoms with Crippen LogP contribution in [0.2, 0.25) is 0 Å². The Labute approximate surface area is 102 Å². The van der Waals surface area contributed by atoms with Crippen molar-refractivity contribution in [2.24, 2.45) is 7.05 Å². The molecular formula is C14H15N3. The second kappa shape index (κ2) is 4.84. The van der Waals surface area contributed by atoms with Crippen LogP contribution in [0.3, 0.4) is 0 Å². The fourth-order valence-electron chi connectivity index (χ4n) is 1.45. The molecular weight excluding hydrogens is 210 g/mol. The van der Waals surface area contributed by atoms with Gasteiger partial charge in [-0.2, -0.15) is 5.10 Å². The van der Waals surface area contributed by atoms with Gasteiger partial charge >= 0.3 is 0 Å². The molecule has 0 saturated carbocycles. The van der Waals surface area contributed by atoms with Crippen molar-refractivity contribution in [2.75, 3.05) is 0 Å². The predicted molar refractivity (Wildman–Crippen MR) is 67.5 cm³/mol. The zero-order valence-electron chi connectivity index (χ0n) is 10.3. The van der Waals surface area contributed by atoms with Gasteiger partial charge in [-0.25, -0.2) is 0 Å². The summed E-state index contributed by atoms with van der Waals surface area (Å²) < 4.78 is 1.74. The lowest BCUT2D eigenvalue weighted by Gasteiger charge is -2.02. The van der Waals surface area contributed by atoms with E-state index in [9.17, 15) is 0 Å². The van der Waals surface area contributed by atoms with E-state index in [4.69, 9.17) is 0 Å². The molecule has 0 radical (unpaired) electrons. The molecule has 2 rings (SSSR count). The number of rotatable bonds is 1. The molecule has 0 fully saturated rings. The molecule has 0 bridgehead atoms. The molecule has 0 N–H and O–H groups in total. The van der Waals surface area contributed by atoms with Crippen molar-refractivity contribution in [1.82, 2.24) is 14.8 Å². The SMILES string of the molecule is CC(C)c1ccc(C#Cc2cnn(C)c2)cn1. The normalized spacial score (nSPS) is 10.1. The molecule has 0 atom stereocenters. The summed E-state index contributed by atoms with van der Waals surface area (Å²) in [6, 6.07) is 4.03. The van der Waals surface area contributed by atoms with Gasteiger partial charge in [0.05, 0.1) is 11.8 Å². The summed E-state index contributed by atoms with van der Waals surface area (Å²) in [4.78, 5) is 4.37. The van der Waals surface area contributed by atoms with Crippen molar-refractivity contribution in [2.45, 2.75) is 19.8 Å². The van der Waals surface area contributed by atoms with Gasteiger partial charge in [-0.05, 0) is 18.1 Å². The zero-order chi connectivity index (χ0) is 12.3. The minimum absolute atomic E-state index is 0.454. The van der Waals surface area contributed by atoms with E-state index < -0.39 is 0 Å². The molecule has 0 spiro atoms. The van der Waals surface area contributed by atoms with Crippen molar-refractivity contribution in [1.29, 1.82) is 0 Å². The Kier molecular flexibility index (Phi) is 3.24. The summed E-state index contributed by atoms with van der Waals surface area (Å²) in [5, 5.41) is 4.06. The lowest BCUT2D eigenvalue weighted by atomic mass is 10.1. The van der Waals surface area contributed by atoms with Gasteiger partial charge in [0, 0.05) is 30.7 Å². The number of hydrogen-bond acceptors (Lipinski definition) is 2. The monoisotopic (exact) mass is 225 g/mol. The second-order valence-corrected chi connectivity index (χ2v) is 4.28. The summed E-state index contributed by atoms with van der Waals surface area (Å²) >= 11 is 0. The van der Waals surface area contributed by atoms with Gasteiger partial charge in [-0.15, -0.1) is 0 Å². The van der Waals surface area contributed by atoms with Crippen molar-refractivity contribution in [3.8, 4) is 11.8 Å². The van der Waals surface area contributed by atoms with Gasteiger partial charge in [-0.1, -0.05) is 25.7 Å². The maximum atomic E-state index is 4.37. The highest BCUT2D eigenvalue weighted by atomic mass is 15.2. The maximum Gasteiger partial charge on any atom is 0.0646 e. The first-order valence-corrected chi connectivity index (χ1v) is 5.62. The van der Waals surface area contributed by atoms with E-state index in [1.54, 1.807) is 10.9 Å². The molecule has 2 heterocycles. The Morgan fingerprint density at radius 3 is 2.41 bits per heavy atom. The Balaban J connectivity index is 2.17. The smallest absolute Gasteiger partial charge is 0.0646 e. The number of pyridine rings is 1. The van der Waals surface area contributed by atoms with Gasteiger partial charge in [0.2, 0.25) is 0 Å². The van der Waals surface area contributed by atoms with Crippen LogP contribution in [-0.4, -0.2) is 14.8 Å². The third-order valence-corrected chi connectivity index (χ3v) is 2.43. The fraction of sp³-hybridized carbons (Fsp3) is 0.286. The second-order valence-electron chi connectivity index (χ2n) is 4.28. The van der Waals surface area contributed by atoms with Gasteiger partial charge in [0.1, 0.15) is 0 Å². The molecule has 17 heavy (non-hydrogen) atoms.